The monoisotopic (exact) mass is 273 g/mol. The molecular weight excluding hydrogens is 250 g/mol. The molecule has 1 aromatic carbocycles. The topological polar surface area (TPSA) is 39.1 Å². The van der Waals surface area contributed by atoms with E-state index in [0.29, 0.717) is 0 Å². The average Bonchev–Trinajstić information content (AvgIpc) is 2.99. The van der Waals surface area contributed by atoms with E-state index < -0.39 is 0 Å². The lowest BCUT2D eigenvalue weighted by Gasteiger charge is -2.28. The predicted octanol–water partition coefficient (Wildman–Crippen LogP) is 2.71. The molecule has 1 saturated heterocycles. The normalized spacial score (nSPS) is 26.4. The fraction of sp³-hybridized carbons (Fsp3) is 0.562. The van der Waals surface area contributed by atoms with Crippen molar-refractivity contribution < 1.29 is 4.74 Å². The molecule has 0 aliphatic carbocycles. The van der Waals surface area contributed by atoms with Crippen LogP contribution in [0.5, 0.6) is 0 Å². The summed E-state index contributed by atoms with van der Waals surface area (Å²) in [5.74, 6) is 0. The molecule has 0 saturated carbocycles. The molecule has 3 rings (SSSR count). The lowest BCUT2D eigenvalue weighted by atomic mass is 9.94. The lowest BCUT2D eigenvalue weighted by molar-refractivity contribution is 0.0880. The number of benzene rings is 1. The van der Waals surface area contributed by atoms with Gasteiger partial charge in [-0.05, 0) is 33.3 Å². The number of nitrogens with one attached hydrogen (secondary N) is 1. The molecule has 1 aliphatic heterocycles. The van der Waals surface area contributed by atoms with Gasteiger partial charge in [-0.3, -0.25) is 4.68 Å². The summed E-state index contributed by atoms with van der Waals surface area (Å²) >= 11 is 0. The van der Waals surface area contributed by atoms with Crippen LogP contribution in [0.4, 0.5) is 0 Å². The lowest BCUT2D eigenvalue weighted by Crippen LogP contribution is -2.47. The van der Waals surface area contributed by atoms with Gasteiger partial charge in [0, 0.05) is 30.6 Å². The molecule has 0 spiro atoms. The molecule has 2 atom stereocenters. The van der Waals surface area contributed by atoms with Gasteiger partial charge in [0.15, 0.2) is 0 Å². The number of aryl methyl sites for hydroxylation is 1. The number of rotatable bonds is 4. The van der Waals surface area contributed by atoms with Gasteiger partial charge in [0.25, 0.3) is 0 Å². The number of fused-ring (bicyclic) bond motifs is 1. The summed E-state index contributed by atoms with van der Waals surface area (Å²) in [6.07, 6.45) is 1.31. The molecule has 2 heterocycles. The summed E-state index contributed by atoms with van der Waals surface area (Å²) in [7, 11) is 0. The summed E-state index contributed by atoms with van der Waals surface area (Å²) < 4.78 is 7.76. The highest BCUT2D eigenvalue weighted by molar-refractivity contribution is 5.81. The van der Waals surface area contributed by atoms with Gasteiger partial charge < -0.3 is 10.1 Å². The Morgan fingerprint density at radius 3 is 2.95 bits per heavy atom. The molecule has 2 unspecified atom stereocenters. The second kappa shape index (κ2) is 5.19. The van der Waals surface area contributed by atoms with E-state index in [4.69, 9.17) is 9.84 Å². The van der Waals surface area contributed by atoms with Crippen LogP contribution in [0.1, 0.15) is 32.9 Å². The van der Waals surface area contributed by atoms with Crippen LogP contribution in [-0.2, 0) is 17.8 Å². The zero-order valence-electron chi connectivity index (χ0n) is 12.5. The largest absolute Gasteiger partial charge is 0.377 e. The minimum absolute atomic E-state index is 0.0527. The fourth-order valence-electron chi connectivity index (χ4n) is 2.92. The van der Waals surface area contributed by atoms with Crippen molar-refractivity contribution >= 4 is 10.9 Å². The van der Waals surface area contributed by atoms with Crippen LogP contribution in [0.3, 0.4) is 0 Å². The van der Waals surface area contributed by atoms with E-state index in [0.717, 1.165) is 31.8 Å². The van der Waals surface area contributed by atoms with Gasteiger partial charge in [-0.2, -0.15) is 5.10 Å². The molecule has 0 radical (unpaired) electrons. The van der Waals surface area contributed by atoms with Crippen molar-refractivity contribution in [1.82, 2.24) is 15.1 Å². The van der Waals surface area contributed by atoms with Crippen molar-refractivity contribution in [1.29, 1.82) is 0 Å². The Bertz CT molecular complexity index is 607. The van der Waals surface area contributed by atoms with E-state index in [1.54, 1.807) is 0 Å². The maximum Gasteiger partial charge on any atom is 0.0841 e. The second-order valence-electron chi connectivity index (χ2n) is 5.81. The molecule has 4 heteroatoms. The molecule has 0 amide bonds. The first-order chi connectivity index (χ1) is 9.64. The van der Waals surface area contributed by atoms with Crippen LogP contribution >= 0.6 is 0 Å². The van der Waals surface area contributed by atoms with E-state index in [9.17, 15) is 0 Å². The summed E-state index contributed by atoms with van der Waals surface area (Å²) in [6.45, 7) is 9.04. The average molecular weight is 273 g/mol. The molecular formula is C16H23N3O. The van der Waals surface area contributed by atoms with Gasteiger partial charge >= 0.3 is 0 Å². The highest BCUT2D eigenvalue weighted by atomic mass is 16.5. The summed E-state index contributed by atoms with van der Waals surface area (Å²) in [5.41, 5.74) is 2.40. The molecule has 1 aliphatic rings. The van der Waals surface area contributed by atoms with Crippen LogP contribution in [-0.4, -0.2) is 28.0 Å². The number of hydrogen-bond acceptors (Lipinski definition) is 3. The Kier molecular flexibility index (Phi) is 3.52. The number of hydrogen-bond donors (Lipinski definition) is 1. The van der Waals surface area contributed by atoms with Gasteiger partial charge in [-0.1, -0.05) is 18.2 Å². The Morgan fingerprint density at radius 1 is 1.45 bits per heavy atom. The van der Waals surface area contributed by atoms with E-state index in [1.807, 2.05) is 0 Å². The Labute approximate surface area is 120 Å². The number of para-hydroxylation sites is 1. The third-order valence-electron chi connectivity index (χ3n) is 4.58. The maximum absolute atomic E-state index is 5.68. The van der Waals surface area contributed by atoms with Crippen molar-refractivity contribution in [3.63, 3.8) is 0 Å². The first kappa shape index (κ1) is 13.6. The van der Waals surface area contributed by atoms with E-state index in [2.05, 4.69) is 55.0 Å². The smallest absolute Gasteiger partial charge is 0.0841 e. The Hall–Kier alpha value is -1.39. The molecule has 2 aromatic rings. The molecule has 4 nitrogen and oxygen atoms in total. The van der Waals surface area contributed by atoms with E-state index in [1.165, 1.54) is 10.9 Å². The van der Waals surface area contributed by atoms with Crippen molar-refractivity contribution in [2.45, 2.75) is 51.9 Å². The van der Waals surface area contributed by atoms with Crippen LogP contribution in [0.15, 0.2) is 24.3 Å². The number of ether oxygens (including phenoxy) is 1. The molecule has 20 heavy (non-hydrogen) atoms. The van der Waals surface area contributed by atoms with Gasteiger partial charge in [-0.25, -0.2) is 0 Å². The van der Waals surface area contributed by atoms with Crippen molar-refractivity contribution in [2.24, 2.45) is 0 Å². The fourth-order valence-corrected chi connectivity index (χ4v) is 2.92. The minimum Gasteiger partial charge on any atom is -0.377 e. The predicted molar refractivity (Wildman–Crippen MR) is 80.7 cm³/mol. The van der Waals surface area contributed by atoms with Crippen LogP contribution in [0.2, 0.25) is 0 Å². The highest BCUT2D eigenvalue weighted by Gasteiger charge is 2.36. The quantitative estimate of drug-likeness (QED) is 0.931. The Balaban J connectivity index is 1.84. The SMILES string of the molecule is CCn1nc(CNC2(C)CCOC2C)c2ccccc21. The number of aromatic nitrogens is 2. The molecule has 1 N–H and O–H groups in total. The summed E-state index contributed by atoms with van der Waals surface area (Å²) in [4.78, 5) is 0. The zero-order valence-corrected chi connectivity index (χ0v) is 12.5. The van der Waals surface area contributed by atoms with Gasteiger partial charge in [0.1, 0.15) is 0 Å². The van der Waals surface area contributed by atoms with Gasteiger partial charge in [0.05, 0.1) is 17.3 Å². The second-order valence-corrected chi connectivity index (χ2v) is 5.81. The minimum atomic E-state index is 0.0527. The van der Waals surface area contributed by atoms with Crippen molar-refractivity contribution in [2.75, 3.05) is 6.61 Å². The molecule has 108 valence electrons. The van der Waals surface area contributed by atoms with Crippen LogP contribution in [0.25, 0.3) is 10.9 Å². The van der Waals surface area contributed by atoms with Crippen LogP contribution < -0.4 is 5.32 Å². The highest BCUT2D eigenvalue weighted by Crippen LogP contribution is 2.26. The standard InChI is InChI=1S/C16H23N3O/c1-4-19-15-8-6-5-7-13(15)14(18-19)11-17-16(3)9-10-20-12(16)2/h5-8,12,17H,4,9-11H2,1-3H3. The first-order valence-electron chi connectivity index (χ1n) is 7.45. The molecule has 1 fully saturated rings. The maximum atomic E-state index is 5.68. The van der Waals surface area contributed by atoms with Crippen molar-refractivity contribution in [3.8, 4) is 0 Å². The number of nitrogens with zero attached hydrogens (tertiary/aromatic N) is 2. The molecule has 0 bridgehead atoms. The Morgan fingerprint density at radius 2 is 2.25 bits per heavy atom. The van der Waals surface area contributed by atoms with Gasteiger partial charge in [0.2, 0.25) is 0 Å². The van der Waals surface area contributed by atoms with E-state index >= 15 is 0 Å². The summed E-state index contributed by atoms with van der Waals surface area (Å²) in [6, 6.07) is 8.44. The first-order valence-corrected chi connectivity index (χ1v) is 7.45. The zero-order chi connectivity index (χ0) is 14.2. The van der Waals surface area contributed by atoms with Crippen LogP contribution in [0, 0.1) is 0 Å². The molecule has 1 aromatic heterocycles. The van der Waals surface area contributed by atoms with Crippen molar-refractivity contribution in [3.05, 3.63) is 30.0 Å². The van der Waals surface area contributed by atoms with E-state index in [-0.39, 0.29) is 11.6 Å². The summed E-state index contributed by atoms with van der Waals surface area (Å²) in [5, 5.41) is 9.64. The van der Waals surface area contributed by atoms with Gasteiger partial charge in [-0.15, -0.1) is 0 Å². The third-order valence-corrected chi connectivity index (χ3v) is 4.58. The third kappa shape index (κ3) is 2.23.